The maximum atomic E-state index is 11.9. The largest absolute Gasteiger partial charge is 0.480 e. The lowest BCUT2D eigenvalue weighted by Gasteiger charge is -2.20. The van der Waals surface area contributed by atoms with Gasteiger partial charge in [0.15, 0.2) is 0 Å². The third-order valence-corrected chi connectivity index (χ3v) is 3.98. The van der Waals surface area contributed by atoms with Gasteiger partial charge < -0.3 is 15.0 Å². The highest BCUT2D eigenvalue weighted by molar-refractivity contribution is 5.83. The van der Waals surface area contributed by atoms with Crippen molar-refractivity contribution in [3.8, 4) is 0 Å². The van der Waals surface area contributed by atoms with Crippen LogP contribution in [0.1, 0.15) is 45.1 Å². The molecule has 2 unspecified atom stereocenters. The van der Waals surface area contributed by atoms with Crippen molar-refractivity contribution in [3.05, 3.63) is 34.2 Å². The van der Waals surface area contributed by atoms with Gasteiger partial charge in [-0.3, -0.25) is 9.59 Å². The van der Waals surface area contributed by atoms with Crippen LogP contribution in [-0.4, -0.2) is 27.6 Å². The molecule has 1 aromatic rings. The molecule has 0 aliphatic heterocycles. The molecule has 2 N–H and O–H groups in total. The van der Waals surface area contributed by atoms with Gasteiger partial charge in [-0.05, 0) is 31.2 Å². The normalized spacial score (nSPS) is 13.3. The van der Waals surface area contributed by atoms with Crippen molar-refractivity contribution >= 4 is 11.9 Å². The second kappa shape index (κ2) is 9.12. The first kappa shape index (κ1) is 18.9. The minimum atomic E-state index is -1.00. The zero-order valence-corrected chi connectivity index (χ0v) is 14.0. The SMILES string of the molecule is CCC(C)C(NC(=O)CCCCn1cc(C)ccc1=O)C(=O)O. The van der Waals surface area contributed by atoms with Crippen molar-refractivity contribution in [3.63, 3.8) is 0 Å². The van der Waals surface area contributed by atoms with Crippen molar-refractivity contribution in [2.24, 2.45) is 5.92 Å². The smallest absolute Gasteiger partial charge is 0.326 e. The van der Waals surface area contributed by atoms with Gasteiger partial charge in [-0.2, -0.15) is 0 Å². The molecule has 128 valence electrons. The van der Waals surface area contributed by atoms with Gasteiger partial charge in [0.1, 0.15) is 6.04 Å². The summed E-state index contributed by atoms with van der Waals surface area (Å²) in [5.74, 6) is -1.37. The number of aryl methyl sites for hydroxylation is 2. The van der Waals surface area contributed by atoms with Crippen LogP contribution in [0.5, 0.6) is 0 Å². The maximum absolute atomic E-state index is 11.9. The average molecular weight is 322 g/mol. The highest BCUT2D eigenvalue weighted by Crippen LogP contribution is 2.09. The molecule has 0 aliphatic rings. The predicted octanol–water partition coefficient (Wildman–Crippen LogP) is 1.94. The lowest BCUT2D eigenvalue weighted by atomic mass is 9.99. The zero-order chi connectivity index (χ0) is 17.4. The van der Waals surface area contributed by atoms with E-state index in [9.17, 15) is 14.4 Å². The second-order valence-corrected chi connectivity index (χ2v) is 5.96. The number of aliphatic carboxylic acids is 1. The van der Waals surface area contributed by atoms with Crippen molar-refractivity contribution < 1.29 is 14.7 Å². The first-order valence-electron chi connectivity index (χ1n) is 8.04. The lowest BCUT2D eigenvalue weighted by Crippen LogP contribution is -2.44. The van der Waals surface area contributed by atoms with Gasteiger partial charge in [-0.15, -0.1) is 0 Å². The Balaban J connectivity index is 2.40. The molecule has 0 aromatic carbocycles. The molecule has 0 aliphatic carbocycles. The van der Waals surface area contributed by atoms with Gasteiger partial charge in [0.25, 0.3) is 5.56 Å². The number of carbonyl (C=O) groups excluding carboxylic acids is 1. The van der Waals surface area contributed by atoms with Gasteiger partial charge in [0.2, 0.25) is 5.91 Å². The molecule has 1 rings (SSSR count). The monoisotopic (exact) mass is 322 g/mol. The number of unbranched alkanes of at least 4 members (excludes halogenated alkanes) is 1. The van der Waals surface area contributed by atoms with Crippen LogP contribution in [0.25, 0.3) is 0 Å². The Hall–Kier alpha value is -2.11. The number of nitrogens with zero attached hydrogens (tertiary/aromatic N) is 1. The van der Waals surface area contributed by atoms with E-state index >= 15 is 0 Å². The standard InChI is InChI=1S/C17H26N2O4/c1-4-13(3)16(17(22)23)18-14(20)7-5-6-10-19-11-12(2)8-9-15(19)21/h8-9,11,13,16H,4-7,10H2,1-3H3,(H,18,20)(H,22,23). The molecule has 1 heterocycles. The number of hydrogen-bond donors (Lipinski definition) is 2. The van der Waals surface area contributed by atoms with Crippen LogP contribution in [0, 0.1) is 12.8 Å². The molecule has 0 saturated carbocycles. The molecule has 0 saturated heterocycles. The topological polar surface area (TPSA) is 88.4 Å². The number of amides is 1. The van der Waals surface area contributed by atoms with Crippen LogP contribution < -0.4 is 10.9 Å². The van der Waals surface area contributed by atoms with Crippen LogP contribution in [0.15, 0.2) is 23.1 Å². The van der Waals surface area contributed by atoms with E-state index < -0.39 is 12.0 Å². The molecule has 1 amide bonds. The minimum Gasteiger partial charge on any atom is -0.480 e. The summed E-state index contributed by atoms with van der Waals surface area (Å²) in [4.78, 5) is 34.7. The molecule has 1 aromatic heterocycles. The van der Waals surface area contributed by atoms with E-state index in [1.165, 1.54) is 6.07 Å². The summed E-state index contributed by atoms with van der Waals surface area (Å²) in [7, 11) is 0. The van der Waals surface area contributed by atoms with E-state index in [1.54, 1.807) is 16.8 Å². The van der Waals surface area contributed by atoms with Gasteiger partial charge in [-0.1, -0.05) is 26.3 Å². The summed E-state index contributed by atoms with van der Waals surface area (Å²) < 4.78 is 1.63. The first-order valence-corrected chi connectivity index (χ1v) is 8.04. The van der Waals surface area contributed by atoms with Crippen molar-refractivity contribution in [1.29, 1.82) is 0 Å². The molecule has 6 heteroatoms. The van der Waals surface area contributed by atoms with Gasteiger partial charge in [0.05, 0.1) is 0 Å². The third-order valence-electron chi connectivity index (χ3n) is 3.98. The molecule has 0 bridgehead atoms. The highest BCUT2D eigenvalue weighted by Gasteiger charge is 2.24. The number of pyridine rings is 1. The second-order valence-electron chi connectivity index (χ2n) is 5.96. The number of aromatic nitrogens is 1. The zero-order valence-electron chi connectivity index (χ0n) is 14.0. The van der Waals surface area contributed by atoms with E-state index in [4.69, 9.17) is 5.11 Å². The number of rotatable bonds is 9. The summed E-state index contributed by atoms with van der Waals surface area (Å²) in [6.07, 6.45) is 4.05. The fourth-order valence-electron chi connectivity index (χ4n) is 2.32. The quantitative estimate of drug-likeness (QED) is 0.680. The predicted molar refractivity (Wildman–Crippen MR) is 88.3 cm³/mol. The Morgan fingerprint density at radius 1 is 1.30 bits per heavy atom. The van der Waals surface area contributed by atoms with Crippen LogP contribution in [-0.2, 0) is 16.1 Å². The van der Waals surface area contributed by atoms with Crippen LogP contribution in [0.3, 0.4) is 0 Å². The number of carboxylic acid groups (broad SMARTS) is 1. The fourth-order valence-corrected chi connectivity index (χ4v) is 2.32. The fraction of sp³-hybridized carbons (Fsp3) is 0.588. The highest BCUT2D eigenvalue weighted by atomic mass is 16.4. The van der Waals surface area contributed by atoms with Gasteiger partial charge in [-0.25, -0.2) is 4.79 Å². The third kappa shape index (κ3) is 6.26. The molecular weight excluding hydrogens is 296 g/mol. The van der Waals surface area contributed by atoms with Crippen molar-refractivity contribution in [2.45, 2.75) is 59.0 Å². The van der Waals surface area contributed by atoms with E-state index in [0.717, 1.165) is 5.56 Å². The number of carbonyl (C=O) groups is 2. The summed E-state index contributed by atoms with van der Waals surface area (Å²) in [6, 6.07) is 2.46. The Morgan fingerprint density at radius 3 is 2.61 bits per heavy atom. The number of hydrogen-bond acceptors (Lipinski definition) is 3. The molecule has 6 nitrogen and oxygen atoms in total. The van der Waals surface area contributed by atoms with Gasteiger partial charge >= 0.3 is 5.97 Å². The van der Waals surface area contributed by atoms with E-state index in [-0.39, 0.29) is 23.8 Å². The van der Waals surface area contributed by atoms with Crippen molar-refractivity contribution in [1.82, 2.24) is 9.88 Å². The Labute approximate surface area is 136 Å². The minimum absolute atomic E-state index is 0.0530. The maximum Gasteiger partial charge on any atom is 0.326 e. The van der Waals surface area contributed by atoms with E-state index in [0.29, 0.717) is 25.8 Å². The first-order chi connectivity index (χ1) is 10.8. The van der Waals surface area contributed by atoms with E-state index in [1.807, 2.05) is 20.8 Å². The van der Waals surface area contributed by atoms with Crippen LogP contribution in [0.2, 0.25) is 0 Å². The lowest BCUT2D eigenvalue weighted by molar-refractivity contribution is -0.143. The molecule has 23 heavy (non-hydrogen) atoms. The van der Waals surface area contributed by atoms with Crippen molar-refractivity contribution in [2.75, 3.05) is 0 Å². The number of nitrogens with one attached hydrogen (secondary N) is 1. The summed E-state index contributed by atoms with van der Waals surface area (Å²) >= 11 is 0. The van der Waals surface area contributed by atoms with Crippen LogP contribution in [0.4, 0.5) is 0 Å². The molecule has 0 spiro atoms. The Bertz CT molecular complexity index is 595. The molecule has 0 fully saturated rings. The number of carboxylic acids is 1. The Morgan fingerprint density at radius 2 is 2.00 bits per heavy atom. The van der Waals surface area contributed by atoms with Crippen LogP contribution >= 0.6 is 0 Å². The molecular formula is C17H26N2O4. The van der Waals surface area contributed by atoms with Gasteiger partial charge in [0, 0.05) is 25.2 Å². The molecule has 0 radical (unpaired) electrons. The summed E-state index contributed by atoms with van der Waals surface area (Å²) in [5, 5.41) is 11.7. The Kier molecular flexibility index (Phi) is 7.51. The summed E-state index contributed by atoms with van der Waals surface area (Å²) in [6.45, 7) is 6.18. The average Bonchev–Trinajstić information content (AvgIpc) is 2.51. The molecule has 2 atom stereocenters. The summed E-state index contributed by atoms with van der Waals surface area (Å²) in [5.41, 5.74) is 0.961. The van der Waals surface area contributed by atoms with E-state index in [2.05, 4.69) is 5.32 Å².